The highest BCUT2D eigenvalue weighted by atomic mass is 35.5. The van der Waals surface area contributed by atoms with Gasteiger partial charge in [0.25, 0.3) is 0 Å². The van der Waals surface area contributed by atoms with Gasteiger partial charge in [0.15, 0.2) is 23.6 Å². The van der Waals surface area contributed by atoms with Gasteiger partial charge in [0.05, 0.1) is 65.5 Å². The van der Waals surface area contributed by atoms with E-state index in [0.29, 0.717) is 30.4 Å². The summed E-state index contributed by atoms with van der Waals surface area (Å²) in [5, 5.41) is 65.6. The summed E-state index contributed by atoms with van der Waals surface area (Å²) < 4.78 is 27.8. The van der Waals surface area contributed by atoms with Gasteiger partial charge < -0.3 is 86.6 Å². The van der Waals surface area contributed by atoms with Crippen molar-refractivity contribution in [3.05, 3.63) is 104 Å². The zero-order valence-electron chi connectivity index (χ0n) is 45.7. The number of aliphatic hydroxyl groups is 3. The monoisotopic (exact) mass is 1220 g/mol. The average molecular weight is 1220 g/mol. The summed E-state index contributed by atoms with van der Waals surface area (Å²) in [5.41, 5.74) is 15.3. The maximum atomic E-state index is 13.6. The number of halogens is 3. The number of nitrogens with two attached hydrogens (primary N) is 3. The van der Waals surface area contributed by atoms with Crippen molar-refractivity contribution in [2.75, 3.05) is 63.7 Å². The molecule has 1 amide bonds. The van der Waals surface area contributed by atoms with Crippen LogP contribution < -0.4 is 32.2 Å². The number of ketones is 5. The second-order valence-corrected chi connectivity index (χ2v) is 21.7. The number of fused-ring (bicyclic) bond motifs is 7. The SMILES string of the molecule is CO[C@@]12[C@H](COC(N)=O)C3=C(C(=O)C(C)=C(N)C3=O)N1C[C@@H]1N[C@@H]12.COc1cccc2c1C(=O)c1c(O)c3c(c(O)c1C2=O)C[C@@](O)(C(=O)CO)C[C@@H]3O[C@H]1C[C@H](N)[C@H](O)[C@H](C)O1.Cl.O=C(O)CCCc1ccc(N(CCCl)CCCl)cc1. The number of carboxylic acid groups (broad SMARTS) is 1. The lowest BCUT2D eigenvalue weighted by Crippen LogP contribution is -2.55. The Morgan fingerprint density at radius 2 is 1.61 bits per heavy atom. The lowest BCUT2D eigenvalue weighted by Gasteiger charge is -2.42. The fourth-order valence-corrected chi connectivity index (χ4v) is 12.4. The van der Waals surface area contributed by atoms with Gasteiger partial charge in [0.2, 0.25) is 17.3 Å². The van der Waals surface area contributed by atoms with Gasteiger partial charge in [0, 0.05) is 110 Å². The van der Waals surface area contributed by atoms with Crippen LogP contribution in [0, 0.1) is 5.92 Å². The third-order valence-corrected chi connectivity index (χ3v) is 16.5. The van der Waals surface area contributed by atoms with Gasteiger partial charge in [-0.25, -0.2) is 4.79 Å². The highest BCUT2D eigenvalue weighted by molar-refractivity contribution is 6.31. The molecule has 0 aromatic heterocycles. The highest BCUT2D eigenvalue weighted by Crippen LogP contribution is 2.56. The van der Waals surface area contributed by atoms with Crippen molar-refractivity contribution in [1.29, 1.82) is 0 Å². The second-order valence-electron chi connectivity index (χ2n) is 20.9. The van der Waals surface area contributed by atoms with Gasteiger partial charge in [-0.1, -0.05) is 24.3 Å². The topological polar surface area (TPSA) is 394 Å². The van der Waals surface area contributed by atoms with E-state index in [-0.39, 0.29) is 94.6 Å². The van der Waals surface area contributed by atoms with Crippen LogP contribution in [0.2, 0.25) is 0 Å². The molecule has 7 aliphatic rings. The van der Waals surface area contributed by atoms with Gasteiger partial charge in [-0.05, 0) is 50.5 Å². The molecular weight excluding hydrogens is 1150 g/mol. The van der Waals surface area contributed by atoms with Crippen molar-refractivity contribution in [2.24, 2.45) is 23.1 Å². The molecule has 27 heteroatoms. The molecule has 0 unspecified atom stereocenters. The molecule has 24 nitrogen and oxygen atoms in total. The quantitative estimate of drug-likeness (QED) is 0.0313. The summed E-state index contributed by atoms with van der Waals surface area (Å²) in [6.45, 7) is 4.02. The molecule has 83 heavy (non-hydrogen) atoms. The van der Waals surface area contributed by atoms with E-state index in [1.54, 1.807) is 6.92 Å². The first-order valence-corrected chi connectivity index (χ1v) is 27.5. The average Bonchev–Trinajstić information content (AvgIpc) is 1.77. The van der Waals surface area contributed by atoms with Crippen molar-refractivity contribution in [1.82, 2.24) is 10.2 Å². The van der Waals surface area contributed by atoms with Crippen molar-refractivity contribution in [2.45, 2.75) is 106 Å². The number of aromatic hydroxyl groups is 2. The van der Waals surface area contributed by atoms with Gasteiger partial charge in [-0.3, -0.25) is 28.8 Å². The lowest BCUT2D eigenvalue weighted by molar-refractivity contribution is -0.247. The number of alkyl halides is 2. The highest BCUT2D eigenvalue weighted by Gasteiger charge is 2.72. The molecule has 3 aromatic rings. The molecular formula is C56H67Cl3N6O18. The number of primary amides is 1. The minimum absolute atomic E-state index is 0. The number of carbonyl (C=O) groups excluding carboxylic acids is 6. The molecule has 3 aliphatic carbocycles. The number of aryl methyl sites for hydroxylation is 1. The molecule has 0 saturated carbocycles. The van der Waals surface area contributed by atoms with Gasteiger partial charge in [-0.15, -0.1) is 35.6 Å². The largest absolute Gasteiger partial charge is 0.507 e. The smallest absolute Gasteiger partial charge is 0.404 e. The number of carboxylic acids is 1. The van der Waals surface area contributed by atoms with Crippen molar-refractivity contribution < 1.29 is 87.9 Å². The summed E-state index contributed by atoms with van der Waals surface area (Å²) in [5.74, 6) is -4.72. The molecule has 3 saturated heterocycles. The molecule has 4 heterocycles. The second kappa shape index (κ2) is 25.8. The number of amides is 1. The Kier molecular flexibility index (Phi) is 20.0. The number of anilines is 1. The maximum Gasteiger partial charge on any atom is 0.404 e. The zero-order valence-corrected chi connectivity index (χ0v) is 48.1. The van der Waals surface area contributed by atoms with Gasteiger partial charge in [-0.2, -0.15) is 0 Å². The van der Waals surface area contributed by atoms with Crippen LogP contribution >= 0.6 is 35.6 Å². The first kappa shape index (κ1) is 64.1. The normalized spacial score (nSPS) is 27.0. The molecule has 10 rings (SSSR count). The van der Waals surface area contributed by atoms with Crippen molar-refractivity contribution in [3.8, 4) is 17.2 Å². The first-order valence-electron chi connectivity index (χ1n) is 26.4. The van der Waals surface area contributed by atoms with Gasteiger partial charge >= 0.3 is 12.1 Å². The maximum absolute atomic E-state index is 13.6. The molecule has 450 valence electrons. The number of carbonyl (C=O) groups is 7. The van der Waals surface area contributed by atoms with Gasteiger partial charge in [0.1, 0.15) is 36.1 Å². The zero-order chi connectivity index (χ0) is 59.9. The Morgan fingerprint density at radius 1 is 0.952 bits per heavy atom. The lowest BCUT2D eigenvalue weighted by atomic mass is 9.72. The Labute approximate surface area is 492 Å². The summed E-state index contributed by atoms with van der Waals surface area (Å²) in [6, 6.07) is 11.9. The number of aliphatic hydroxyl groups excluding tert-OH is 2. The van der Waals surface area contributed by atoms with E-state index in [1.165, 1.54) is 39.3 Å². The Balaban J connectivity index is 0.000000193. The molecule has 13 N–H and O–H groups in total. The number of hydrogen-bond acceptors (Lipinski definition) is 22. The summed E-state index contributed by atoms with van der Waals surface area (Å²) in [6.07, 6.45) is -4.40. The molecule has 0 bridgehead atoms. The number of methoxy groups -OCH3 is 2. The predicted molar refractivity (Wildman–Crippen MR) is 300 cm³/mol. The standard InChI is InChI=1S/C27H29NO11.C15H18N4O5.C14H19Cl2NO2.ClH/c1-10-22(31)13(28)6-17(38-10)39-15-8-27(36,16(30)9-29)7-12-19(15)26(35)21-20(24(12)33)23(32)11-4-3-5-14(37-2)18(11)25(21)34;1-5-9(16)12(21)8-6(4-24-14(17)22)15(23-2)13-7(18-13)3-19(15)10(8)11(5)20;15-8-10-17(11-9-16)13-6-4-12(5-7-13)2-1-3-14(18)19;/h3-5,10,13,15,17,22,29,31,33,35-36H,6-9,28H2,1-2H3;6-7,13,18H,3-4,16H2,1-2H3,(H2,17,22);4-7H,1-3,8-11H2,(H,18,19);1H/t10-,13-,15-,17-,22+,27-;6-,7+,13+,15-;;/m01../s1. The fourth-order valence-electron chi connectivity index (χ4n) is 12.0. The van der Waals surface area contributed by atoms with Crippen LogP contribution in [-0.2, 0) is 51.0 Å². The van der Waals surface area contributed by atoms with E-state index in [0.717, 1.165) is 30.8 Å². The van der Waals surface area contributed by atoms with Crippen LogP contribution in [0.25, 0.3) is 0 Å². The molecule has 0 spiro atoms. The minimum Gasteiger partial charge on any atom is -0.507 e. The summed E-state index contributed by atoms with van der Waals surface area (Å²) in [4.78, 5) is 90.8. The van der Waals surface area contributed by atoms with E-state index < -0.39 is 125 Å². The molecule has 4 aliphatic heterocycles. The number of nitrogens with zero attached hydrogens (tertiary/aromatic N) is 2. The number of ether oxygens (including phenoxy) is 5. The number of aliphatic carboxylic acids is 1. The Bertz CT molecular complexity index is 3130. The third kappa shape index (κ3) is 11.9. The van der Waals surface area contributed by atoms with Crippen LogP contribution in [0.15, 0.2) is 65.0 Å². The fraction of sp³-hybridized carbons (Fsp3) is 0.482. The first-order chi connectivity index (χ1) is 38.9. The van der Waals surface area contributed by atoms with Crippen LogP contribution in [0.5, 0.6) is 17.2 Å². The van der Waals surface area contributed by atoms with E-state index in [9.17, 15) is 59.1 Å². The summed E-state index contributed by atoms with van der Waals surface area (Å²) in [7, 11) is 2.84. The van der Waals surface area contributed by atoms with Crippen LogP contribution in [-0.4, -0.2) is 183 Å². The van der Waals surface area contributed by atoms with E-state index >= 15 is 0 Å². The van der Waals surface area contributed by atoms with Crippen molar-refractivity contribution >= 4 is 82.3 Å². The van der Waals surface area contributed by atoms with Crippen LogP contribution in [0.1, 0.15) is 94.2 Å². The summed E-state index contributed by atoms with van der Waals surface area (Å²) >= 11 is 11.5. The van der Waals surface area contributed by atoms with Crippen LogP contribution in [0.3, 0.4) is 0 Å². The van der Waals surface area contributed by atoms with E-state index in [4.69, 9.17) is 69.2 Å². The Hall–Kier alpha value is -6.42. The van der Waals surface area contributed by atoms with E-state index in [2.05, 4.69) is 10.2 Å². The number of piperazine rings is 1. The number of nitrogens with one attached hydrogen (secondary N) is 1. The molecule has 3 fully saturated rings. The number of hydrogen-bond donors (Lipinski definition) is 10. The molecule has 0 radical (unpaired) electrons. The minimum atomic E-state index is -2.24. The number of phenolic OH excluding ortho intramolecular Hbond substituents is 2. The number of Topliss-reactive ketones (excluding diaryl/α,β-unsaturated/α-hetero) is 3. The predicted octanol–water partition coefficient (Wildman–Crippen LogP) is 2.15. The number of phenols is 2. The van der Waals surface area contributed by atoms with E-state index in [1.807, 2.05) is 29.2 Å². The number of rotatable bonds is 17. The van der Waals surface area contributed by atoms with Crippen LogP contribution in [0.4, 0.5) is 10.5 Å². The molecule has 10 atom stereocenters. The number of benzene rings is 3. The third-order valence-electron chi connectivity index (χ3n) is 16.1. The number of allylic oxidation sites excluding steroid dienone is 2. The van der Waals surface area contributed by atoms with Crippen molar-refractivity contribution in [3.63, 3.8) is 0 Å². The molecule has 3 aromatic carbocycles. The Morgan fingerprint density at radius 3 is 2.20 bits per heavy atom.